The molecule has 1 aromatic heterocycles. The second-order valence-electron chi connectivity index (χ2n) is 6.94. The van der Waals surface area contributed by atoms with Gasteiger partial charge in [0.2, 0.25) is 15.9 Å². The molecule has 2 heterocycles. The van der Waals surface area contributed by atoms with Crippen LogP contribution in [0, 0.1) is 5.92 Å². The predicted octanol–water partition coefficient (Wildman–Crippen LogP) is 3.52. The van der Waals surface area contributed by atoms with Crippen molar-refractivity contribution in [2.45, 2.75) is 24.3 Å². The van der Waals surface area contributed by atoms with Crippen LogP contribution in [0.2, 0.25) is 5.02 Å². The lowest BCUT2D eigenvalue weighted by Gasteiger charge is -2.30. The molecule has 1 aromatic carbocycles. The number of benzene rings is 1. The van der Waals surface area contributed by atoms with Crippen molar-refractivity contribution in [2.75, 3.05) is 25.4 Å². The van der Waals surface area contributed by atoms with Crippen molar-refractivity contribution >= 4 is 39.3 Å². The molecule has 0 aliphatic carbocycles. The summed E-state index contributed by atoms with van der Waals surface area (Å²) in [5.41, 5.74) is 0.598. The topological polar surface area (TPSA) is 79.6 Å². The Morgan fingerprint density at radius 3 is 2.66 bits per heavy atom. The highest BCUT2D eigenvalue weighted by atomic mass is 35.5. The van der Waals surface area contributed by atoms with E-state index in [0.29, 0.717) is 43.1 Å². The van der Waals surface area contributed by atoms with E-state index in [-0.39, 0.29) is 17.6 Å². The number of amides is 1. The van der Waals surface area contributed by atoms with Gasteiger partial charge in [0.15, 0.2) is 0 Å². The molecule has 0 atom stereocenters. The molecule has 1 saturated heterocycles. The lowest BCUT2D eigenvalue weighted by molar-refractivity contribution is -0.125. The number of halogens is 1. The third-order valence-corrected chi connectivity index (χ3v) is 8.06. The van der Waals surface area contributed by atoms with E-state index in [1.807, 2.05) is 12.1 Å². The Labute approximate surface area is 181 Å². The number of hydrogen-bond acceptors (Lipinski definition) is 5. The van der Waals surface area contributed by atoms with Crippen LogP contribution >= 0.6 is 23.4 Å². The fourth-order valence-electron chi connectivity index (χ4n) is 3.26. The van der Waals surface area contributed by atoms with Crippen molar-refractivity contribution in [3.05, 3.63) is 59.0 Å². The molecule has 0 bridgehead atoms. The standard InChI is InChI=1S/C20H25ClN2O4S2/c21-19-6-2-1-4-17(19)15-29(25,26)23-10-7-16(8-11-23)20(24)22-9-13-28-14-18-5-3-12-27-18/h1-6,12,16H,7-11,13-15H2,(H,22,24). The maximum Gasteiger partial charge on any atom is 0.223 e. The number of sulfonamides is 1. The van der Waals surface area contributed by atoms with Crippen molar-refractivity contribution in [3.63, 3.8) is 0 Å². The Kier molecular flexibility index (Phi) is 8.06. The minimum atomic E-state index is -3.45. The van der Waals surface area contributed by atoms with E-state index in [4.69, 9.17) is 16.0 Å². The molecule has 2 aromatic rings. The van der Waals surface area contributed by atoms with Crippen LogP contribution in [0.5, 0.6) is 0 Å². The van der Waals surface area contributed by atoms with Gasteiger partial charge < -0.3 is 9.73 Å². The summed E-state index contributed by atoms with van der Waals surface area (Å²) >= 11 is 7.79. The zero-order valence-corrected chi connectivity index (χ0v) is 18.4. The molecular weight excluding hydrogens is 432 g/mol. The number of thioether (sulfide) groups is 1. The third kappa shape index (κ3) is 6.50. The van der Waals surface area contributed by atoms with Crippen molar-refractivity contribution in [2.24, 2.45) is 5.92 Å². The van der Waals surface area contributed by atoms with E-state index in [0.717, 1.165) is 17.3 Å². The minimum Gasteiger partial charge on any atom is -0.468 e. The van der Waals surface area contributed by atoms with Crippen molar-refractivity contribution in [1.82, 2.24) is 9.62 Å². The van der Waals surface area contributed by atoms with E-state index >= 15 is 0 Å². The Balaban J connectivity index is 1.38. The normalized spacial score (nSPS) is 16.0. The van der Waals surface area contributed by atoms with Gasteiger partial charge in [-0.15, -0.1) is 0 Å². The average Bonchev–Trinajstić information content (AvgIpc) is 3.23. The van der Waals surface area contributed by atoms with Gasteiger partial charge in [0.1, 0.15) is 5.76 Å². The number of nitrogens with zero attached hydrogens (tertiary/aromatic N) is 1. The molecule has 6 nitrogen and oxygen atoms in total. The summed E-state index contributed by atoms with van der Waals surface area (Å²) in [6.45, 7) is 1.31. The van der Waals surface area contributed by atoms with Gasteiger partial charge in [-0.05, 0) is 36.6 Å². The first kappa shape index (κ1) is 22.2. The van der Waals surface area contributed by atoms with Crippen LogP contribution in [-0.2, 0) is 26.3 Å². The first-order valence-corrected chi connectivity index (χ1v) is 12.7. The second-order valence-corrected chi connectivity index (χ2v) is 10.4. The smallest absolute Gasteiger partial charge is 0.223 e. The molecule has 9 heteroatoms. The minimum absolute atomic E-state index is 0.00625. The van der Waals surface area contributed by atoms with Gasteiger partial charge in [-0.1, -0.05) is 29.8 Å². The number of hydrogen-bond donors (Lipinski definition) is 1. The second kappa shape index (κ2) is 10.5. The van der Waals surface area contributed by atoms with Crippen LogP contribution in [0.1, 0.15) is 24.2 Å². The largest absolute Gasteiger partial charge is 0.468 e. The molecule has 1 aliphatic heterocycles. The summed E-state index contributed by atoms with van der Waals surface area (Å²) in [5, 5.41) is 3.41. The van der Waals surface area contributed by atoms with E-state index in [9.17, 15) is 13.2 Å². The van der Waals surface area contributed by atoms with Gasteiger partial charge in [0, 0.05) is 36.3 Å². The van der Waals surface area contributed by atoms with Gasteiger partial charge in [-0.25, -0.2) is 12.7 Å². The zero-order chi connectivity index (χ0) is 20.7. The highest BCUT2D eigenvalue weighted by molar-refractivity contribution is 7.98. The lowest BCUT2D eigenvalue weighted by atomic mass is 9.97. The van der Waals surface area contributed by atoms with Gasteiger partial charge in [0.05, 0.1) is 17.8 Å². The number of rotatable bonds is 9. The van der Waals surface area contributed by atoms with Gasteiger partial charge in [-0.3, -0.25) is 4.79 Å². The summed E-state index contributed by atoms with van der Waals surface area (Å²) in [4.78, 5) is 12.4. The van der Waals surface area contributed by atoms with Crippen molar-refractivity contribution < 1.29 is 17.6 Å². The maximum atomic E-state index is 12.7. The Bertz CT molecular complexity index is 895. The number of carbonyl (C=O) groups excluding carboxylic acids is 1. The molecule has 1 N–H and O–H groups in total. The average molecular weight is 457 g/mol. The van der Waals surface area contributed by atoms with Gasteiger partial charge in [-0.2, -0.15) is 11.8 Å². The van der Waals surface area contributed by atoms with E-state index < -0.39 is 10.0 Å². The predicted molar refractivity (Wildman–Crippen MR) is 116 cm³/mol. The highest BCUT2D eigenvalue weighted by Crippen LogP contribution is 2.24. The molecule has 29 heavy (non-hydrogen) atoms. The molecule has 3 rings (SSSR count). The molecule has 0 radical (unpaired) electrons. The Morgan fingerprint density at radius 2 is 1.97 bits per heavy atom. The van der Waals surface area contributed by atoms with Crippen LogP contribution in [-0.4, -0.2) is 44.0 Å². The summed E-state index contributed by atoms with van der Waals surface area (Å²) in [7, 11) is -3.45. The molecule has 0 spiro atoms. The molecule has 0 unspecified atom stereocenters. The van der Waals surface area contributed by atoms with Crippen LogP contribution in [0.3, 0.4) is 0 Å². The lowest BCUT2D eigenvalue weighted by Crippen LogP contribution is -2.43. The first-order chi connectivity index (χ1) is 14.0. The summed E-state index contributed by atoms with van der Waals surface area (Å²) in [5.74, 6) is 2.26. The number of furan rings is 1. The summed E-state index contributed by atoms with van der Waals surface area (Å²) < 4.78 is 32.1. The van der Waals surface area contributed by atoms with E-state index in [1.54, 1.807) is 42.3 Å². The Morgan fingerprint density at radius 1 is 1.21 bits per heavy atom. The van der Waals surface area contributed by atoms with Crippen LogP contribution in [0.4, 0.5) is 0 Å². The molecule has 0 saturated carbocycles. The fraction of sp³-hybridized carbons (Fsp3) is 0.450. The SMILES string of the molecule is O=C(NCCSCc1ccco1)C1CCN(S(=O)(=O)Cc2ccccc2Cl)CC1. The van der Waals surface area contributed by atoms with Gasteiger partial charge >= 0.3 is 0 Å². The number of nitrogens with one attached hydrogen (secondary N) is 1. The molecule has 1 fully saturated rings. The number of carbonyl (C=O) groups is 1. The highest BCUT2D eigenvalue weighted by Gasteiger charge is 2.31. The van der Waals surface area contributed by atoms with E-state index in [2.05, 4.69) is 5.32 Å². The van der Waals surface area contributed by atoms with Crippen LogP contribution in [0.25, 0.3) is 0 Å². The van der Waals surface area contributed by atoms with Crippen LogP contribution < -0.4 is 5.32 Å². The van der Waals surface area contributed by atoms with Crippen LogP contribution in [0.15, 0.2) is 47.1 Å². The molecule has 1 amide bonds. The zero-order valence-electron chi connectivity index (χ0n) is 16.1. The maximum absolute atomic E-state index is 12.7. The first-order valence-electron chi connectivity index (χ1n) is 9.55. The van der Waals surface area contributed by atoms with Gasteiger partial charge in [0.25, 0.3) is 0 Å². The molecular formula is C20H25ClN2O4S2. The summed E-state index contributed by atoms with van der Waals surface area (Å²) in [6, 6.07) is 10.8. The monoisotopic (exact) mass is 456 g/mol. The quantitative estimate of drug-likeness (QED) is 0.584. The van der Waals surface area contributed by atoms with Crippen molar-refractivity contribution in [1.29, 1.82) is 0 Å². The third-order valence-electron chi connectivity index (χ3n) is 4.88. The fourth-order valence-corrected chi connectivity index (χ4v) is 5.89. The Hall–Kier alpha value is -1.48. The number of piperidine rings is 1. The summed E-state index contributed by atoms with van der Waals surface area (Å²) in [6.07, 6.45) is 2.72. The molecule has 158 valence electrons. The van der Waals surface area contributed by atoms with E-state index in [1.165, 1.54) is 4.31 Å². The molecule has 1 aliphatic rings. The van der Waals surface area contributed by atoms with Crippen molar-refractivity contribution in [3.8, 4) is 0 Å².